The molecule has 2 saturated heterocycles. The van der Waals surface area contributed by atoms with Gasteiger partial charge >= 0.3 is 0 Å². The number of nitrogens with one attached hydrogen (secondary N) is 1. The van der Waals surface area contributed by atoms with E-state index in [-0.39, 0.29) is 40.5 Å². The van der Waals surface area contributed by atoms with E-state index in [2.05, 4.69) is 48.8 Å². The van der Waals surface area contributed by atoms with E-state index >= 15 is 0 Å². The first-order valence-electron chi connectivity index (χ1n) is 10.5. The van der Waals surface area contributed by atoms with Crippen molar-refractivity contribution in [1.82, 2.24) is 19.5 Å². The maximum Gasteiger partial charge on any atom is 0.280 e. The number of nitrogens with zero attached hydrogens (tertiary/aromatic N) is 3. The van der Waals surface area contributed by atoms with E-state index in [1.54, 1.807) is 33.7 Å². The molecular weight excluding hydrogens is 505 g/mol. The van der Waals surface area contributed by atoms with Gasteiger partial charge in [-0.25, -0.2) is 4.98 Å². The number of hydrogen-bond acceptors (Lipinski definition) is 10. The molecule has 0 radical (unpaired) electrons. The molecule has 178 valence electrons. The number of aromatic nitrogens is 4. The lowest BCUT2D eigenvalue weighted by Gasteiger charge is -2.39. The number of fused-ring (bicyclic) bond motifs is 1. The van der Waals surface area contributed by atoms with E-state index in [1.807, 2.05) is 0 Å². The molecule has 0 saturated carbocycles. The fourth-order valence-electron chi connectivity index (χ4n) is 3.43. The van der Waals surface area contributed by atoms with E-state index in [0.717, 1.165) is 11.5 Å². The second-order valence-electron chi connectivity index (χ2n) is 9.47. The van der Waals surface area contributed by atoms with Crippen LogP contribution in [0.15, 0.2) is 11.1 Å². The Labute approximate surface area is 201 Å². The standard InChI is InChI=1S/C18H30N5O4PS3Si/c1-18(2,3)32(4,5)27-11-8-13(26-12(11)9-25-28(29)30-6-7-31-28)23-10-20-14-15(23)21-17(19)22-16(14)24/h10-13H,6-9H2,1-5H3,(H3,19,21,22,24)/t11?,12-,13-/m1/s1. The molecule has 2 aliphatic rings. The van der Waals surface area contributed by atoms with Crippen molar-refractivity contribution < 1.29 is 13.7 Å². The van der Waals surface area contributed by atoms with Crippen molar-refractivity contribution in [1.29, 1.82) is 0 Å². The lowest BCUT2D eigenvalue weighted by molar-refractivity contribution is -0.0335. The Morgan fingerprint density at radius 2 is 2.09 bits per heavy atom. The van der Waals surface area contributed by atoms with E-state index in [0.29, 0.717) is 18.7 Å². The first-order valence-corrected chi connectivity index (χ1v) is 19.3. The van der Waals surface area contributed by atoms with E-state index in [9.17, 15) is 4.79 Å². The molecule has 0 spiro atoms. The number of imidazole rings is 1. The first kappa shape index (κ1) is 24.7. The highest BCUT2D eigenvalue weighted by Gasteiger charge is 2.46. The van der Waals surface area contributed by atoms with Crippen molar-refractivity contribution in [2.24, 2.45) is 0 Å². The third-order valence-electron chi connectivity index (χ3n) is 6.17. The zero-order valence-corrected chi connectivity index (χ0v) is 23.2. The molecule has 0 amide bonds. The molecule has 3 atom stereocenters. The molecule has 0 bridgehead atoms. The summed E-state index contributed by atoms with van der Waals surface area (Å²) >= 11 is 9.26. The lowest BCUT2D eigenvalue weighted by Crippen LogP contribution is -2.46. The number of aromatic amines is 1. The van der Waals surface area contributed by atoms with Gasteiger partial charge in [0.15, 0.2) is 24.1 Å². The summed E-state index contributed by atoms with van der Waals surface area (Å²) in [6, 6.07) is 0. The van der Waals surface area contributed by atoms with Crippen molar-refractivity contribution in [2.45, 2.75) is 63.8 Å². The van der Waals surface area contributed by atoms with Crippen molar-refractivity contribution in [3.05, 3.63) is 16.7 Å². The first-order chi connectivity index (χ1) is 14.9. The SMILES string of the molecule is CC(C)(C)[Si](C)(C)OC1C[C@H](n2cnc3c(=O)[nH]c(N)nc32)O[C@@H]1COP1(=S)SCCS1. The largest absolute Gasteiger partial charge is 0.411 e. The Morgan fingerprint density at radius 3 is 2.75 bits per heavy atom. The summed E-state index contributed by atoms with van der Waals surface area (Å²) < 4.78 is 19.3. The average molecular weight is 536 g/mol. The van der Waals surface area contributed by atoms with Gasteiger partial charge < -0.3 is 19.4 Å². The van der Waals surface area contributed by atoms with Crippen molar-refractivity contribution in [2.75, 3.05) is 23.8 Å². The summed E-state index contributed by atoms with van der Waals surface area (Å²) in [5, 5.41) is 0.0604. The van der Waals surface area contributed by atoms with E-state index in [1.165, 1.54) is 0 Å². The quantitative estimate of drug-likeness (QED) is 0.413. The Kier molecular flexibility index (Phi) is 6.94. The summed E-state index contributed by atoms with van der Waals surface area (Å²) in [4.78, 5) is 23.2. The van der Waals surface area contributed by atoms with E-state index in [4.69, 9.17) is 31.2 Å². The zero-order valence-electron chi connectivity index (χ0n) is 18.9. The summed E-state index contributed by atoms with van der Waals surface area (Å²) in [5.41, 5.74) is 6.04. The number of H-pyrrole nitrogens is 1. The number of nitrogen functional groups attached to an aromatic ring is 1. The third kappa shape index (κ3) is 5.00. The van der Waals surface area contributed by atoms with Gasteiger partial charge in [0, 0.05) is 17.9 Å². The average Bonchev–Trinajstić information content (AvgIpc) is 3.38. The van der Waals surface area contributed by atoms with Gasteiger partial charge in [0.1, 0.15) is 12.3 Å². The minimum absolute atomic E-state index is 0.0457. The molecule has 9 nitrogen and oxygen atoms in total. The molecule has 2 aromatic heterocycles. The molecule has 2 aromatic rings. The maximum atomic E-state index is 12.2. The number of ether oxygens (including phenoxy) is 1. The fraction of sp³-hybridized carbons (Fsp3) is 0.722. The van der Waals surface area contributed by atoms with Crippen LogP contribution in [0.4, 0.5) is 5.95 Å². The molecule has 14 heteroatoms. The molecule has 0 aliphatic carbocycles. The van der Waals surface area contributed by atoms with Crippen LogP contribution in [-0.4, -0.2) is 58.2 Å². The van der Waals surface area contributed by atoms with Crippen LogP contribution >= 0.6 is 27.4 Å². The van der Waals surface area contributed by atoms with E-state index < -0.39 is 13.0 Å². The van der Waals surface area contributed by atoms with Gasteiger partial charge in [0.25, 0.3) is 5.56 Å². The number of rotatable bonds is 6. The molecule has 4 rings (SSSR count). The van der Waals surface area contributed by atoms with Gasteiger partial charge in [0.05, 0.1) is 19.0 Å². The Hall–Kier alpha value is -0.403. The number of hydrogen-bond donors (Lipinski definition) is 2. The highest BCUT2D eigenvalue weighted by Crippen LogP contribution is 2.74. The molecule has 32 heavy (non-hydrogen) atoms. The topological polar surface area (TPSA) is 117 Å². The molecule has 4 heterocycles. The number of nitrogens with two attached hydrogens (primary N) is 1. The number of anilines is 1. The Bertz CT molecular complexity index is 1090. The highest BCUT2D eigenvalue weighted by molar-refractivity contribution is 9.00. The second kappa shape index (κ2) is 8.99. The summed E-state index contributed by atoms with van der Waals surface area (Å²) in [6.45, 7) is 11.5. The van der Waals surface area contributed by atoms with Gasteiger partial charge in [-0.1, -0.05) is 43.5 Å². The molecule has 2 fully saturated rings. The smallest absolute Gasteiger partial charge is 0.280 e. The van der Waals surface area contributed by atoms with Gasteiger partial charge in [-0.05, 0) is 29.9 Å². The third-order valence-corrected chi connectivity index (χ3v) is 20.5. The zero-order chi connectivity index (χ0) is 23.3. The molecule has 1 unspecified atom stereocenters. The predicted octanol–water partition coefficient (Wildman–Crippen LogP) is 4.10. The monoisotopic (exact) mass is 535 g/mol. The minimum atomic E-state index is -2.06. The maximum absolute atomic E-state index is 12.2. The van der Waals surface area contributed by atoms with Crippen LogP contribution in [0.25, 0.3) is 11.2 Å². The van der Waals surface area contributed by atoms with Crippen LogP contribution in [-0.2, 0) is 25.5 Å². The van der Waals surface area contributed by atoms with Gasteiger partial charge in [-0.2, -0.15) is 4.98 Å². The van der Waals surface area contributed by atoms with Gasteiger partial charge in [-0.15, -0.1) is 0 Å². The fourth-order valence-corrected chi connectivity index (χ4v) is 13.6. The highest BCUT2D eigenvalue weighted by atomic mass is 33.2. The Balaban J connectivity index is 1.60. The van der Waals surface area contributed by atoms with Crippen molar-refractivity contribution >= 4 is 64.7 Å². The van der Waals surface area contributed by atoms with Crippen LogP contribution in [0.1, 0.15) is 33.4 Å². The van der Waals surface area contributed by atoms with Crippen LogP contribution < -0.4 is 11.3 Å². The summed E-state index contributed by atoms with van der Waals surface area (Å²) in [6.07, 6.45) is 1.36. The van der Waals surface area contributed by atoms with Gasteiger partial charge in [-0.3, -0.25) is 14.3 Å². The minimum Gasteiger partial charge on any atom is -0.411 e. The normalized spacial score (nSPS) is 26.2. The van der Waals surface area contributed by atoms with Crippen LogP contribution in [0.2, 0.25) is 18.1 Å². The van der Waals surface area contributed by atoms with Crippen molar-refractivity contribution in [3.63, 3.8) is 0 Å². The summed E-state index contributed by atoms with van der Waals surface area (Å²) in [7, 11) is -2.06. The lowest BCUT2D eigenvalue weighted by atomic mass is 10.2. The van der Waals surface area contributed by atoms with Crippen molar-refractivity contribution in [3.8, 4) is 0 Å². The molecule has 3 N–H and O–H groups in total. The molecular formula is C18H30N5O4PS3Si. The van der Waals surface area contributed by atoms with Crippen LogP contribution in [0, 0.1) is 0 Å². The molecule has 2 aliphatic heterocycles. The molecule has 0 aromatic carbocycles. The Morgan fingerprint density at radius 1 is 1.41 bits per heavy atom. The predicted molar refractivity (Wildman–Crippen MR) is 138 cm³/mol. The summed E-state index contributed by atoms with van der Waals surface area (Å²) in [5.74, 6) is 2.11. The van der Waals surface area contributed by atoms with Crippen LogP contribution in [0.3, 0.4) is 0 Å². The second-order valence-corrected chi connectivity index (χ2v) is 25.0. The van der Waals surface area contributed by atoms with Crippen LogP contribution in [0.5, 0.6) is 0 Å². The van der Waals surface area contributed by atoms with Gasteiger partial charge in [0.2, 0.25) is 5.95 Å².